The van der Waals surface area contributed by atoms with Crippen LogP contribution >= 0.6 is 0 Å². The minimum Gasteiger partial charge on any atom is -0.385 e. The molecule has 2 aromatic heterocycles. The van der Waals surface area contributed by atoms with Gasteiger partial charge in [-0.3, -0.25) is 0 Å². The molecular weight excluding hydrogens is 406 g/mol. The Kier molecular flexibility index (Phi) is 5.19. The summed E-state index contributed by atoms with van der Waals surface area (Å²) >= 11 is 0. The molecule has 0 radical (unpaired) electrons. The summed E-state index contributed by atoms with van der Waals surface area (Å²) in [5.41, 5.74) is 2.65. The van der Waals surface area contributed by atoms with Crippen LogP contribution in [-0.2, 0) is 6.54 Å². The van der Waals surface area contributed by atoms with Crippen molar-refractivity contribution in [2.45, 2.75) is 19.6 Å². The van der Waals surface area contributed by atoms with Gasteiger partial charge in [-0.2, -0.15) is 0 Å². The van der Waals surface area contributed by atoms with E-state index in [4.69, 9.17) is 4.52 Å². The third kappa shape index (κ3) is 3.87. The van der Waals surface area contributed by atoms with E-state index in [2.05, 4.69) is 27.3 Å². The summed E-state index contributed by atoms with van der Waals surface area (Å²) in [6.07, 6.45) is 2.83. The van der Waals surface area contributed by atoms with Gasteiger partial charge in [0.25, 0.3) is 0 Å². The predicted molar refractivity (Wildman–Crippen MR) is 117 cm³/mol. The molecule has 2 N–H and O–H groups in total. The van der Waals surface area contributed by atoms with Gasteiger partial charge in [0.2, 0.25) is 0 Å². The van der Waals surface area contributed by atoms with Crippen LogP contribution in [0.15, 0.2) is 47.2 Å². The van der Waals surface area contributed by atoms with Crippen molar-refractivity contribution in [3.05, 3.63) is 59.8 Å². The molecular formula is C24H25N5O3. The van der Waals surface area contributed by atoms with Gasteiger partial charge < -0.3 is 24.4 Å². The fraction of sp³-hybridized carbons (Fsp3) is 0.375. The number of nitrogens with one attached hydrogen (secondary N) is 1. The number of piperidine rings is 1. The highest BCUT2D eigenvalue weighted by molar-refractivity contribution is 5.74. The Labute approximate surface area is 186 Å². The smallest absolute Gasteiger partial charge is 0.317 e. The van der Waals surface area contributed by atoms with Crippen molar-refractivity contribution in [3.63, 3.8) is 0 Å². The second kappa shape index (κ2) is 8.17. The number of imidazole rings is 1. The summed E-state index contributed by atoms with van der Waals surface area (Å²) in [4.78, 5) is 17.7. The average Bonchev–Trinajstić information content (AvgIpc) is 3.29. The molecule has 0 spiro atoms. The van der Waals surface area contributed by atoms with E-state index >= 15 is 0 Å². The maximum Gasteiger partial charge on any atom is 0.317 e. The Hall–Kier alpha value is -3.57. The van der Waals surface area contributed by atoms with Gasteiger partial charge in [0.05, 0.1) is 6.54 Å². The fourth-order valence-corrected chi connectivity index (χ4v) is 4.47. The SMILES string of the molecule is CNC(=O)N1CC2C(C#Cc3ccc(-c4cc(Cn5ccnc5[C@H](C)O)no4)cc3)C2C1. The van der Waals surface area contributed by atoms with E-state index in [1.807, 2.05) is 46.0 Å². The number of carbonyl (C=O) groups excluding carboxylic acids is 1. The Morgan fingerprint density at radius 3 is 2.75 bits per heavy atom. The summed E-state index contributed by atoms with van der Waals surface area (Å²) in [5.74, 6) is 9.35. The summed E-state index contributed by atoms with van der Waals surface area (Å²) in [6.45, 7) is 3.77. The maximum absolute atomic E-state index is 11.7. The molecule has 1 aliphatic carbocycles. The van der Waals surface area contributed by atoms with Crippen LogP contribution in [0.5, 0.6) is 0 Å². The topological polar surface area (TPSA) is 96.4 Å². The highest BCUT2D eigenvalue weighted by Gasteiger charge is 2.56. The van der Waals surface area contributed by atoms with Gasteiger partial charge in [-0.05, 0) is 43.0 Å². The standard InChI is InChI=1S/C24H25N5O3/c1-15(30)23-26-9-10-28(23)12-18-11-22(32-27-18)17-6-3-16(4-7-17)5-8-19-20-13-29(14-21(19)20)24(31)25-2/h3-4,6-7,9-11,15,19-21,30H,12-14H2,1-2H3,(H,25,31)/t15-,19?,20?,21?/m0/s1. The number of aliphatic hydroxyl groups is 1. The number of nitrogens with zero attached hydrogens (tertiary/aromatic N) is 4. The highest BCUT2D eigenvalue weighted by atomic mass is 16.5. The number of fused-ring (bicyclic) bond motifs is 1. The number of amides is 2. The summed E-state index contributed by atoms with van der Waals surface area (Å²) in [6, 6.07) is 9.84. The van der Waals surface area contributed by atoms with Gasteiger partial charge in [0, 0.05) is 55.6 Å². The Bertz CT molecular complexity index is 1170. The number of aromatic nitrogens is 3. The normalized spacial score (nSPS) is 22.1. The van der Waals surface area contributed by atoms with Gasteiger partial charge in [0.15, 0.2) is 5.76 Å². The molecule has 2 unspecified atom stereocenters. The van der Waals surface area contributed by atoms with Crippen LogP contribution in [-0.4, -0.2) is 50.9 Å². The third-order valence-corrected chi connectivity index (χ3v) is 6.26. The van der Waals surface area contributed by atoms with Crippen LogP contribution in [0.4, 0.5) is 4.79 Å². The largest absolute Gasteiger partial charge is 0.385 e. The lowest BCUT2D eigenvalue weighted by Crippen LogP contribution is -2.38. The van der Waals surface area contributed by atoms with Crippen LogP contribution < -0.4 is 5.32 Å². The molecule has 1 aliphatic heterocycles. The van der Waals surface area contributed by atoms with Crippen LogP contribution in [0.2, 0.25) is 0 Å². The summed E-state index contributed by atoms with van der Waals surface area (Å²) < 4.78 is 7.37. The van der Waals surface area contributed by atoms with Crippen molar-refractivity contribution in [2.75, 3.05) is 20.1 Å². The molecule has 3 aromatic rings. The number of aliphatic hydroxyl groups excluding tert-OH is 1. The first-order chi connectivity index (χ1) is 15.5. The Balaban J connectivity index is 1.20. The molecule has 1 aromatic carbocycles. The van der Waals surface area contributed by atoms with Crippen LogP contribution in [0, 0.1) is 29.6 Å². The van der Waals surface area contributed by atoms with Gasteiger partial charge in [0.1, 0.15) is 17.6 Å². The number of hydrogen-bond donors (Lipinski definition) is 2. The van der Waals surface area contributed by atoms with E-state index in [1.54, 1.807) is 20.2 Å². The zero-order valence-electron chi connectivity index (χ0n) is 18.0. The quantitative estimate of drug-likeness (QED) is 0.619. The number of urea groups is 1. The summed E-state index contributed by atoms with van der Waals surface area (Å²) in [5, 5.41) is 16.6. The number of carbonyl (C=O) groups is 1. The Morgan fingerprint density at radius 2 is 2.06 bits per heavy atom. The molecule has 2 fully saturated rings. The van der Waals surface area contributed by atoms with Crippen LogP contribution in [0.25, 0.3) is 11.3 Å². The first-order valence-electron chi connectivity index (χ1n) is 10.8. The van der Waals surface area contributed by atoms with Gasteiger partial charge in [-0.1, -0.05) is 17.0 Å². The molecule has 1 saturated heterocycles. The van der Waals surface area contributed by atoms with Crippen LogP contribution in [0.1, 0.15) is 30.1 Å². The number of benzene rings is 1. The van der Waals surface area contributed by atoms with Crippen molar-refractivity contribution in [2.24, 2.45) is 17.8 Å². The Morgan fingerprint density at radius 1 is 1.31 bits per heavy atom. The maximum atomic E-state index is 11.7. The lowest BCUT2D eigenvalue weighted by Gasteiger charge is -2.17. The fourth-order valence-electron chi connectivity index (χ4n) is 4.47. The first-order valence-corrected chi connectivity index (χ1v) is 10.8. The lowest BCUT2D eigenvalue weighted by atomic mass is 10.1. The van der Waals surface area contributed by atoms with Gasteiger partial charge >= 0.3 is 6.03 Å². The monoisotopic (exact) mass is 431 g/mol. The zero-order valence-corrected chi connectivity index (χ0v) is 18.0. The molecule has 164 valence electrons. The van der Waals surface area contributed by atoms with E-state index in [1.165, 1.54) is 0 Å². The van der Waals surface area contributed by atoms with Crippen molar-refractivity contribution in [1.82, 2.24) is 24.9 Å². The van der Waals surface area contributed by atoms with Crippen LogP contribution in [0.3, 0.4) is 0 Å². The minimum atomic E-state index is -0.644. The van der Waals surface area contributed by atoms with E-state index in [0.717, 1.165) is 29.9 Å². The van der Waals surface area contributed by atoms with Crippen molar-refractivity contribution >= 4 is 6.03 Å². The molecule has 3 heterocycles. The average molecular weight is 431 g/mol. The van der Waals surface area contributed by atoms with Crippen molar-refractivity contribution in [1.29, 1.82) is 0 Å². The minimum absolute atomic E-state index is 0.00323. The highest BCUT2D eigenvalue weighted by Crippen LogP contribution is 2.51. The molecule has 32 heavy (non-hydrogen) atoms. The predicted octanol–water partition coefficient (Wildman–Crippen LogP) is 2.51. The molecule has 3 atom stereocenters. The number of hydrogen-bond acceptors (Lipinski definition) is 5. The van der Waals surface area contributed by atoms with Gasteiger partial charge in [-0.25, -0.2) is 9.78 Å². The van der Waals surface area contributed by atoms with Crippen molar-refractivity contribution in [3.8, 4) is 23.2 Å². The molecule has 1 saturated carbocycles. The van der Waals surface area contributed by atoms with E-state index in [9.17, 15) is 9.90 Å². The van der Waals surface area contributed by atoms with E-state index in [-0.39, 0.29) is 6.03 Å². The molecule has 0 bridgehead atoms. The second-order valence-corrected chi connectivity index (χ2v) is 8.43. The molecule has 5 rings (SSSR count). The van der Waals surface area contributed by atoms with E-state index < -0.39 is 6.10 Å². The molecule has 2 amide bonds. The number of likely N-dealkylation sites (tertiary alicyclic amines) is 1. The second-order valence-electron chi connectivity index (χ2n) is 8.43. The third-order valence-electron chi connectivity index (χ3n) is 6.26. The molecule has 8 nitrogen and oxygen atoms in total. The lowest BCUT2D eigenvalue weighted by molar-refractivity contribution is 0.184. The summed E-state index contributed by atoms with van der Waals surface area (Å²) in [7, 11) is 1.67. The zero-order chi connectivity index (χ0) is 22.2. The molecule has 8 heteroatoms. The van der Waals surface area contributed by atoms with Gasteiger partial charge in [-0.15, -0.1) is 0 Å². The van der Waals surface area contributed by atoms with Crippen molar-refractivity contribution < 1.29 is 14.4 Å². The van der Waals surface area contributed by atoms with E-state index in [0.29, 0.717) is 35.9 Å². The molecule has 2 aliphatic rings. The number of rotatable bonds is 4. The first kappa shape index (κ1) is 20.3.